The summed E-state index contributed by atoms with van der Waals surface area (Å²) in [5, 5.41) is 6.83. The van der Waals surface area contributed by atoms with Gasteiger partial charge in [0.25, 0.3) is 0 Å². The molecule has 0 spiro atoms. The lowest BCUT2D eigenvalue weighted by atomic mass is 10.1. The van der Waals surface area contributed by atoms with Gasteiger partial charge in [0.15, 0.2) is 11.5 Å². The van der Waals surface area contributed by atoms with Gasteiger partial charge in [0, 0.05) is 25.7 Å². The van der Waals surface area contributed by atoms with E-state index in [1.807, 2.05) is 0 Å². The lowest BCUT2D eigenvalue weighted by Gasteiger charge is -2.20. The lowest BCUT2D eigenvalue weighted by molar-refractivity contribution is 0.171. The molecule has 0 aliphatic carbocycles. The number of hydrogen-bond acceptors (Lipinski definition) is 4. The highest BCUT2D eigenvalue weighted by Gasteiger charge is 2.13. The maximum atomic E-state index is 5.61. The minimum Gasteiger partial charge on any atom is -0.486 e. The largest absolute Gasteiger partial charge is 0.486 e. The number of rotatable bonds is 6. The van der Waals surface area contributed by atoms with Crippen molar-refractivity contribution in [3.05, 3.63) is 23.3 Å². The molecule has 1 aromatic rings. The first kappa shape index (κ1) is 14.2. The average Bonchev–Trinajstić information content (AvgIpc) is 2.38. The van der Waals surface area contributed by atoms with Crippen molar-refractivity contribution in [2.75, 3.05) is 26.3 Å². The molecule has 0 saturated carbocycles. The Hall–Kier alpha value is -1.26. The van der Waals surface area contributed by atoms with Crippen molar-refractivity contribution in [3.8, 4) is 11.5 Å². The molecule has 0 aromatic heterocycles. The Morgan fingerprint density at radius 1 is 1.11 bits per heavy atom. The predicted molar refractivity (Wildman–Crippen MR) is 77.0 cm³/mol. The number of benzene rings is 1. The maximum absolute atomic E-state index is 5.61. The first-order valence-electron chi connectivity index (χ1n) is 7.00. The van der Waals surface area contributed by atoms with E-state index in [0.29, 0.717) is 19.3 Å². The van der Waals surface area contributed by atoms with Crippen LogP contribution >= 0.6 is 0 Å². The fourth-order valence-corrected chi connectivity index (χ4v) is 2.10. The molecule has 0 amide bonds. The molecule has 1 aromatic carbocycles. The second-order valence-electron chi connectivity index (χ2n) is 5.21. The van der Waals surface area contributed by atoms with Crippen LogP contribution in [-0.2, 0) is 6.54 Å². The molecule has 1 aliphatic rings. The zero-order chi connectivity index (χ0) is 13.7. The highest BCUT2D eigenvalue weighted by molar-refractivity contribution is 5.47. The molecule has 2 N–H and O–H groups in total. The summed E-state index contributed by atoms with van der Waals surface area (Å²) in [6, 6.07) is 4.70. The van der Waals surface area contributed by atoms with Crippen LogP contribution in [0.3, 0.4) is 0 Å². The molecule has 19 heavy (non-hydrogen) atoms. The maximum Gasteiger partial charge on any atom is 0.161 e. The van der Waals surface area contributed by atoms with Gasteiger partial charge in [-0.25, -0.2) is 0 Å². The van der Waals surface area contributed by atoms with Crippen LogP contribution in [0.4, 0.5) is 0 Å². The summed E-state index contributed by atoms with van der Waals surface area (Å²) in [7, 11) is 0. The highest BCUT2D eigenvalue weighted by Crippen LogP contribution is 2.32. The monoisotopic (exact) mass is 264 g/mol. The van der Waals surface area contributed by atoms with Gasteiger partial charge in [-0.2, -0.15) is 0 Å². The summed E-state index contributed by atoms with van der Waals surface area (Å²) in [6.45, 7) is 10.5. The van der Waals surface area contributed by atoms with Gasteiger partial charge in [-0.3, -0.25) is 0 Å². The van der Waals surface area contributed by atoms with Crippen molar-refractivity contribution < 1.29 is 9.47 Å². The summed E-state index contributed by atoms with van der Waals surface area (Å²) in [5.41, 5.74) is 2.52. The van der Waals surface area contributed by atoms with E-state index in [9.17, 15) is 0 Å². The normalized spacial score (nSPS) is 13.9. The van der Waals surface area contributed by atoms with E-state index in [2.05, 4.69) is 43.5 Å². The summed E-state index contributed by atoms with van der Waals surface area (Å²) in [5.74, 6) is 1.74. The van der Waals surface area contributed by atoms with Crippen molar-refractivity contribution in [2.45, 2.75) is 33.4 Å². The van der Waals surface area contributed by atoms with Gasteiger partial charge < -0.3 is 20.1 Å². The van der Waals surface area contributed by atoms with Gasteiger partial charge in [-0.15, -0.1) is 0 Å². The van der Waals surface area contributed by atoms with E-state index in [-0.39, 0.29) is 0 Å². The Balaban J connectivity index is 1.86. The molecule has 0 saturated heterocycles. The van der Waals surface area contributed by atoms with Crippen LogP contribution in [-0.4, -0.2) is 32.3 Å². The first-order chi connectivity index (χ1) is 9.16. The topological polar surface area (TPSA) is 42.5 Å². The van der Waals surface area contributed by atoms with Crippen LogP contribution in [0.1, 0.15) is 25.0 Å². The van der Waals surface area contributed by atoms with Crippen LogP contribution < -0.4 is 20.1 Å². The standard InChI is InChI=1S/C15H24N2O2/c1-11(2)17-5-4-16-10-13-9-15-14(8-12(13)3)18-6-7-19-15/h8-9,11,16-17H,4-7,10H2,1-3H3. The lowest BCUT2D eigenvalue weighted by Crippen LogP contribution is -2.31. The molecular formula is C15H24N2O2. The molecule has 0 bridgehead atoms. The highest BCUT2D eigenvalue weighted by atomic mass is 16.6. The van der Waals surface area contributed by atoms with E-state index in [1.54, 1.807) is 0 Å². The Bertz CT molecular complexity index is 419. The fraction of sp³-hybridized carbons (Fsp3) is 0.600. The first-order valence-corrected chi connectivity index (χ1v) is 7.00. The van der Waals surface area contributed by atoms with Crippen molar-refractivity contribution in [1.82, 2.24) is 10.6 Å². The van der Waals surface area contributed by atoms with Gasteiger partial charge in [-0.1, -0.05) is 13.8 Å². The molecule has 106 valence electrons. The fourth-order valence-electron chi connectivity index (χ4n) is 2.10. The number of hydrogen-bond donors (Lipinski definition) is 2. The Morgan fingerprint density at radius 3 is 2.47 bits per heavy atom. The smallest absolute Gasteiger partial charge is 0.161 e. The summed E-state index contributed by atoms with van der Waals surface area (Å²) in [6.07, 6.45) is 0. The third-order valence-corrected chi connectivity index (χ3v) is 3.17. The predicted octanol–water partition coefficient (Wildman–Crippen LogP) is 1.85. The van der Waals surface area contributed by atoms with Crippen LogP contribution in [0.15, 0.2) is 12.1 Å². The molecule has 1 aliphatic heterocycles. The zero-order valence-corrected chi connectivity index (χ0v) is 12.1. The molecule has 4 heteroatoms. The van der Waals surface area contributed by atoms with E-state index >= 15 is 0 Å². The van der Waals surface area contributed by atoms with E-state index < -0.39 is 0 Å². The van der Waals surface area contributed by atoms with Crippen molar-refractivity contribution in [1.29, 1.82) is 0 Å². The number of fused-ring (bicyclic) bond motifs is 1. The molecule has 1 heterocycles. The van der Waals surface area contributed by atoms with Crippen LogP contribution in [0.5, 0.6) is 11.5 Å². The number of nitrogens with one attached hydrogen (secondary N) is 2. The zero-order valence-electron chi connectivity index (χ0n) is 12.1. The SMILES string of the molecule is Cc1cc2c(cc1CNCCNC(C)C)OCCO2. The van der Waals surface area contributed by atoms with Gasteiger partial charge >= 0.3 is 0 Å². The van der Waals surface area contributed by atoms with Gasteiger partial charge in [0.1, 0.15) is 13.2 Å². The third-order valence-electron chi connectivity index (χ3n) is 3.17. The molecule has 2 rings (SSSR count). The quantitative estimate of drug-likeness (QED) is 0.770. The van der Waals surface area contributed by atoms with Crippen LogP contribution in [0.25, 0.3) is 0 Å². The molecule has 4 nitrogen and oxygen atoms in total. The summed E-state index contributed by atoms with van der Waals surface area (Å²) >= 11 is 0. The molecule has 0 fully saturated rings. The van der Waals surface area contributed by atoms with Crippen LogP contribution in [0, 0.1) is 6.92 Å². The third kappa shape index (κ3) is 4.11. The molecule has 0 radical (unpaired) electrons. The minimum atomic E-state index is 0.540. The van der Waals surface area contributed by atoms with Crippen molar-refractivity contribution in [3.63, 3.8) is 0 Å². The Kier molecular flexibility index (Phi) is 5.05. The Labute approximate surface area is 115 Å². The summed E-state index contributed by atoms with van der Waals surface area (Å²) in [4.78, 5) is 0. The number of ether oxygens (including phenoxy) is 2. The molecular weight excluding hydrogens is 240 g/mol. The minimum absolute atomic E-state index is 0.540. The second-order valence-corrected chi connectivity index (χ2v) is 5.21. The Morgan fingerprint density at radius 2 is 1.79 bits per heavy atom. The molecule has 0 unspecified atom stereocenters. The second kappa shape index (κ2) is 6.78. The van der Waals surface area contributed by atoms with Gasteiger partial charge in [0.05, 0.1) is 0 Å². The number of aryl methyl sites for hydroxylation is 1. The van der Waals surface area contributed by atoms with E-state index in [0.717, 1.165) is 31.1 Å². The summed E-state index contributed by atoms with van der Waals surface area (Å²) < 4.78 is 11.2. The van der Waals surface area contributed by atoms with Crippen molar-refractivity contribution >= 4 is 0 Å². The van der Waals surface area contributed by atoms with E-state index in [1.165, 1.54) is 11.1 Å². The van der Waals surface area contributed by atoms with E-state index in [4.69, 9.17) is 9.47 Å². The molecule has 0 atom stereocenters. The van der Waals surface area contributed by atoms with Gasteiger partial charge in [-0.05, 0) is 30.2 Å². The van der Waals surface area contributed by atoms with Crippen molar-refractivity contribution in [2.24, 2.45) is 0 Å². The van der Waals surface area contributed by atoms with Gasteiger partial charge in [0.2, 0.25) is 0 Å². The average molecular weight is 264 g/mol. The van der Waals surface area contributed by atoms with Crippen LogP contribution in [0.2, 0.25) is 0 Å².